The van der Waals surface area contributed by atoms with E-state index in [2.05, 4.69) is 22.9 Å². The number of unbranched alkanes of at least 4 members (excludes halogenated alkanes) is 12. The molecule has 0 fully saturated rings. The maximum Gasteiger partial charge on any atom is 0.322 e. The lowest BCUT2D eigenvalue weighted by atomic mass is 9.78. The van der Waals surface area contributed by atoms with Crippen molar-refractivity contribution >= 4 is 47.1 Å². The molecule has 0 aromatic heterocycles. The third kappa shape index (κ3) is 18.1. The first-order valence-electron chi connectivity index (χ1n) is 24.4. The van der Waals surface area contributed by atoms with E-state index in [0.29, 0.717) is 23.1 Å². The van der Waals surface area contributed by atoms with Gasteiger partial charge in [0.2, 0.25) is 29.5 Å². The molecular weight excluding hydrogens is 863 g/mol. The predicted molar refractivity (Wildman–Crippen MR) is 252 cm³/mol. The maximum atomic E-state index is 14.2. The highest BCUT2D eigenvalue weighted by molar-refractivity contribution is 5.96. The lowest BCUT2D eigenvalue weighted by Gasteiger charge is -2.36. The summed E-state index contributed by atoms with van der Waals surface area (Å²) in [5.41, 5.74) is 1.18. The van der Waals surface area contributed by atoms with Crippen molar-refractivity contribution in [1.82, 2.24) is 25.8 Å². The maximum absolute atomic E-state index is 14.2. The number of aliphatic hydroxyl groups excluding tert-OH is 3. The Labute approximate surface area is 395 Å². The molecule has 0 aromatic rings. The van der Waals surface area contributed by atoms with Gasteiger partial charge in [-0.1, -0.05) is 109 Å². The molecule has 67 heavy (non-hydrogen) atoms. The molecule has 3 rings (SSSR count). The second-order valence-electron chi connectivity index (χ2n) is 18.5. The summed E-state index contributed by atoms with van der Waals surface area (Å²) in [7, 11) is 2.84. The molecule has 4 bridgehead atoms. The Kier molecular flexibility index (Phi) is 24.2. The summed E-state index contributed by atoms with van der Waals surface area (Å²) >= 11 is 0. The van der Waals surface area contributed by atoms with E-state index in [0.717, 1.165) is 19.3 Å². The summed E-state index contributed by atoms with van der Waals surface area (Å²) in [6, 6.07) is -4.74. The van der Waals surface area contributed by atoms with E-state index in [1.54, 1.807) is 18.2 Å². The molecule has 7 N–H and O–H groups in total. The highest BCUT2D eigenvalue weighted by Crippen LogP contribution is 2.37. The summed E-state index contributed by atoms with van der Waals surface area (Å²) in [6.07, 6.45) is 19.5. The topological polar surface area (TPSA) is 260 Å². The summed E-state index contributed by atoms with van der Waals surface area (Å²) < 4.78 is 0. The molecule has 5 amide bonds. The van der Waals surface area contributed by atoms with Crippen molar-refractivity contribution in [3.05, 3.63) is 46.8 Å². The number of aliphatic carboxylic acids is 1. The summed E-state index contributed by atoms with van der Waals surface area (Å²) in [5, 5.41) is 48.8. The molecule has 2 aliphatic carbocycles. The summed E-state index contributed by atoms with van der Waals surface area (Å²) in [5.74, 6) is -7.26. The van der Waals surface area contributed by atoms with Gasteiger partial charge in [0.05, 0.1) is 24.8 Å². The first-order chi connectivity index (χ1) is 31.9. The second-order valence-corrected chi connectivity index (χ2v) is 18.5. The number of carboxylic acid groups (broad SMARTS) is 1. The second kappa shape index (κ2) is 28.9. The lowest BCUT2D eigenvalue weighted by molar-refractivity contribution is -0.142. The van der Waals surface area contributed by atoms with Gasteiger partial charge in [-0.05, 0) is 43.4 Å². The van der Waals surface area contributed by atoms with Gasteiger partial charge < -0.3 is 46.2 Å². The number of carboxylic acids is 1. The van der Waals surface area contributed by atoms with Gasteiger partial charge in [0.25, 0.3) is 0 Å². The van der Waals surface area contributed by atoms with Crippen molar-refractivity contribution in [3.63, 3.8) is 0 Å². The fraction of sp³-hybridized carbons (Fsp3) is 0.680. The predicted octanol–water partition coefficient (Wildman–Crippen LogP) is 4.66. The average Bonchev–Trinajstić information content (AvgIpc) is 3.29. The van der Waals surface area contributed by atoms with E-state index in [1.165, 1.54) is 102 Å². The molecular formula is C50H77N5O12. The van der Waals surface area contributed by atoms with Crippen molar-refractivity contribution in [2.75, 3.05) is 27.2 Å². The molecule has 0 aromatic carbocycles. The molecule has 7 atom stereocenters. The smallest absolute Gasteiger partial charge is 0.322 e. The molecule has 0 saturated heterocycles. The number of rotatable bonds is 26. The molecule has 0 radical (unpaired) electrons. The quantitative estimate of drug-likeness (QED) is 0.0585. The SMILES string of the molecule is CCCCCCCCCCCCCCCC(=O)N(C)[C@H](CO)C(=O)N[C@H](C)C(=O)CCC(=O)N(C)[C@@H]1C(=O)C[C@@H](C)C(=O)N[C@H](C(=O)NCC(=O)O)CC2=CCC(O)C(=C2)C2=C(O)C=C[C@H]1C2. The Morgan fingerprint density at radius 3 is 2.06 bits per heavy atom. The Balaban J connectivity index is 1.61. The van der Waals surface area contributed by atoms with Crippen LogP contribution in [0.1, 0.15) is 149 Å². The number of hydrogen-bond donors (Lipinski definition) is 7. The zero-order chi connectivity index (χ0) is 49.6. The third-order valence-electron chi connectivity index (χ3n) is 13.1. The summed E-state index contributed by atoms with van der Waals surface area (Å²) in [4.78, 5) is 108. The van der Waals surface area contributed by atoms with E-state index in [9.17, 15) is 53.7 Å². The first-order valence-corrected chi connectivity index (χ1v) is 24.4. The minimum Gasteiger partial charge on any atom is -0.508 e. The lowest BCUT2D eigenvalue weighted by Crippen LogP contribution is -2.53. The van der Waals surface area contributed by atoms with Crippen LogP contribution >= 0.6 is 0 Å². The number of aliphatic hydroxyl groups is 3. The molecule has 17 heteroatoms. The van der Waals surface area contributed by atoms with E-state index < -0.39 is 96.4 Å². The van der Waals surface area contributed by atoms with Crippen LogP contribution < -0.4 is 16.0 Å². The first kappa shape index (κ1) is 56.2. The van der Waals surface area contributed by atoms with Gasteiger partial charge in [-0.15, -0.1) is 0 Å². The van der Waals surface area contributed by atoms with Crippen molar-refractivity contribution in [3.8, 4) is 0 Å². The Morgan fingerprint density at radius 1 is 0.851 bits per heavy atom. The van der Waals surface area contributed by atoms with Crippen LogP contribution in [-0.4, -0.2) is 135 Å². The largest absolute Gasteiger partial charge is 0.508 e. The Bertz CT molecular complexity index is 1870. The number of fused-ring (bicyclic) bond motifs is 4. The molecule has 0 saturated carbocycles. The van der Waals surface area contributed by atoms with Crippen LogP contribution in [-0.2, 0) is 38.4 Å². The molecule has 1 heterocycles. The van der Waals surface area contributed by atoms with Crippen molar-refractivity contribution in [1.29, 1.82) is 0 Å². The molecule has 1 unspecified atom stereocenters. The van der Waals surface area contributed by atoms with Gasteiger partial charge in [0, 0.05) is 63.6 Å². The van der Waals surface area contributed by atoms with Crippen LogP contribution in [0.25, 0.3) is 0 Å². The average molecular weight is 940 g/mol. The number of nitrogens with zero attached hydrogens (tertiary/aromatic N) is 2. The minimum absolute atomic E-state index is 0.0139. The van der Waals surface area contributed by atoms with Crippen LogP contribution in [0.2, 0.25) is 0 Å². The van der Waals surface area contributed by atoms with E-state index in [4.69, 9.17) is 5.11 Å². The number of Topliss-reactive ketones (excluding diaryl/α,β-unsaturated/α-hetero) is 2. The van der Waals surface area contributed by atoms with Crippen molar-refractivity contribution in [2.24, 2.45) is 11.8 Å². The molecule has 1 aliphatic heterocycles. The number of nitrogens with one attached hydrogen (secondary N) is 3. The van der Waals surface area contributed by atoms with Crippen molar-refractivity contribution in [2.45, 2.75) is 179 Å². The van der Waals surface area contributed by atoms with Crippen molar-refractivity contribution < 1.29 is 58.8 Å². The number of amides is 5. The molecule has 17 nitrogen and oxygen atoms in total. The van der Waals surface area contributed by atoms with Crippen LogP contribution in [0.15, 0.2) is 46.8 Å². The van der Waals surface area contributed by atoms with E-state index in [1.807, 2.05) is 0 Å². The van der Waals surface area contributed by atoms with E-state index >= 15 is 0 Å². The third-order valence-corrected chi connectivity index (χ3v) is 13.1. The fourth-order valence-electron chi connectivity index (χ4n) is 8.88. The molecule has 0 spiro atoms. The molecule has 3 aliphatic rings. The highest BCUT2D eigenvalue weighted by Gasteiger charge is 2.39. The normalized spacial score (nSPS) is 21.7. The van der Waals surface area contributed by atoms with Crippen LogP contribution in [0.4, 0.5) is 0 Å². The number of allylic oxidation sites excluding steroid dienone is 2. The summed E-state index contributed by atoms with van der Waals surface area (Å²) in [6.45, 7) is 3.79. The monoisotopic (exact) mass is 940 g/mol. The zero-order valence-corrected chi connectivity index (χ0v) is 40.4. The number of carbonyl (C=O) groups excluding carboxylic acids is 7. The number of hydrogen-bond acceptors (Lipinski definition) is 11. The van der Waals surface area contributed by atoms with Gasteiger partial charge in [-0.3, -0.25) is 38.4 Å². The van der Waals surface area contributed by atoms with Gasteiger partial charge in [0.15, 0.2) is 11.6 Å². The Morgan fingerprint density at radius 2 is 1.46 bits per heavy atom. The number of likely N-dealkylation sites (N-methyl/N-ethyl adjacent to an activating group) is 2. The van der Waals surface area contributed by atoms with Crippen LogP contribution in [0, 0.1) is 11.8 Å². The molecule has 374 valence electrons. The fourth-order valence-corrected chi connectivity index (χ4v) is 8.88. The minimum atomic E-state index is -1.29. The van der Waals surface area contributed by atoms with E-state index in [-0.39, 0.29) is 56.6 Å². The van der Waals surface area contributed by atoms with Crippen LogP contribution in [0.5, 0.6) is 0 Å². The van der Waals surface area contributed by atoms with Gasteiger partial charge in [0.1, 0.15) is 24.4 Å². The zero-order valence-electron chi connectivity index (χ0n) is 40.4. The van der Waals surface area contributed by atoms with Gasteiger partial charge in [-0.25, -0.2) is 0 Å². The Hall–Kier alpha value is -5.16. The van der Waals surface area contributed by atoms with Crippen LogP contribution in [0.3, 0.4) is 0 Å². The highest BCUT2D eigenvalue weighted by atomic mass is 16.4. The van der Waals surface area contributed by atoms with Gasteiger partial charge >= 0.3 is 5.97 Å². The number of carbonyl (C=O) groups is 8. The number of ketones is 2. The standard InChI is InChI=1S/C50H77N5O12/c1-6-7-8-9-10-11-12-13-14-15-16-17-18-19-44(61)54(4)39(31-56)50(67)52-33(3)40(57)24-25-45(62)55(5)47-35-21-23-42(59)37(29-35)36-27-34(20-22-41(36)58)28-38(49(66)51-30-46(63)64)53-48(65)32(2)26-43(47)60/h20-21,23,27,32-33,35,38-39,41,47,56,58-59H,6-19,22,24-26,28-31H2,1-5H3,(H,51,66)(H,52,67)(H,53,65)(H,63,64)/t32-,33-,35+,38+,39-,41?,47+/m1/s1. The van der Waals surface area contributed by atoms with Gasteiger partial charge in [-0.2, -0.15) is 0 Å².